The van der Waals surface area contributed by atoms with Crippen LogP contribution in [0.2, 0.25) is 0 Å². The average Bonchev–Trinajstić information content (AvgIpc) is 2.94. The minimum atomic E-state index is -0.384. The first kappa shape index (κ1) is 25.6. The summed E-state index contributed by atoms with van der Waals surface area (Å²) in [5, 5.41) is 12.1. The Morgan fingerprint density at radius 1 is 1.11 bits per heavy atom. The molecule has 1 fully saturated rings. The molecule has 2 N–H and O–H groups in total. The first-order valence-electron chi connectivity index (χ1n) is 12.9. The zero-order valence-corrected chi connectivity index (χ0v) is 21.5. The molecule has 1 aromatic carbocycles. The molecule has 198 valence electrons. The number of amides is 1. The maximum atomic E-state index is 13.5. The van der Waals surface area contributed by atoms with Crippen molar-refractivity contribution < 1.29 is 14.3 Å². The molecule has 0 radical (unpaired) electrons. The summed E-state index contributed by atoms with van der Waals surface area (Å²) in [5.74, 6) is 0.317. The molecule has 0 spiro atoms. The molecule has 38 heavy (non-hydrogen) atoms. The first-order chi connectivity index (χ1) is 18.5. The van der Waals surface area contributed by atoms with Gasteiger partial charge in [-0.25, -0.2) is 4.98 Å². The molecule has 5 rings (SSSR count). The van der Waals surface area contributed by atoms with Crippen molar-refractivity contribution in [2.45, 2.75) is 19.9 Å². The Bertz CT molecular complexity index is 1560. The maximum Gasteiger partial charge on any atom is 0.267 e. The summed E-state index contributed by atoms with van der Waals surface area (Å²) in [7, 11) is 0. The van der Waals surface area contributed by atoms with Crippen molar-refractivity contribution in [2.75, 3.05) is 46.0 Å². The van der Waals surface area contributed by atoms with Gasteiger partial charge in [-0.2, -0.15) is 0 Å². The van der Waals surface area contributed by atoms with Gasteiger partial charge in [0.1, 0.15) is 29.1 Å². The van der Waals surface area contributed by atoms with E-state index in [9.17, 15) is 9.59 Å². The fraction of sp³-hybridized carbons (Fsp3) is 0.357. The van der Waals surface area contributed by atoms with Gasteiger partial charge in [0.05, 0.1) is 30.7 Å². The molecule has 0 bridgehead atoms. The van der Waals surface area contributed by atoms with Crippen molar-refractivity contribution in [3.63, 3.8) is 0 Å². The van der Waals surface area contributed by atoms with Crippen LogP contribution in [0.5, 0.6) is 5.75 Å². The van der Waals surface area contributed by atoms with Gasteiger partial charge in [0.15, 0.2) is 0 Å². The van der Waals surface area contributed by atoms with Crippen LogP contribution in [-0.2, 0) is 11.3 Å². The van der Waals surface area contributed by atoms with Crippen LogP contribution in [0.1, 0.15) is 22.3 Å². The largest absolute Gasteiger partial charge is 0.492 e. The summed E-state index contributed by atoms with van der Waals surface area (Å²) in [4.78, 5) is 33.7. The smallest absolute Gasteiger partial charge is 0.267 e. The van der Waals surface area contributed by atoms with Crippen LogP contribution < -0.4 is 21.1 Å². The van der Waals surface area contributed by atoms with E-state index < -0.39 is 0 Å². The number of aromatic nitrogens is 3. The Morgan fingerprint density at radius 2 is 1.89 bits per heavy atom. The molecule has 1 aliphatic rings. The van der Waals surface area contributed by atoms with Crippen molar-refractivity contribution >= 4 is 22.6 Å². The number of carbonyl (C=O) groups is 1. The minimum absolute atomic E-state index is 0.00956. The Morgan fingerprint density at radius 3 is 2.68 bits per heavy atom. The van der Waals surface area contributed by atoms with Gasteiger partial charge < -0.3 is 19.4 Å². The second kappa shape index (κ2) is 11.6. The van der Waals surface area contributed by atoms with E-state index in [0.29, 0.717) is 23.6 Å². The maximum absolute atomic E-state index is 13.5. The molecule has 4 heterocycles. The molecule has 3 aromatic heterocycles. The number of fused-ring (bicyclic) bond motifs is 2. The number of carbonyl (C=O) groups excluding carboxylic acids is 1. The van der Waals surface area contributed by atoms with Gasteiger partial charge in [-0.15, -0.1) is 0 Å². The van der Waals surface area contributed by atoms with Crippen molar-refractivity contribution in [2.24, 2.45) is 0 Å². The van der Waals surface area contributed by atoms with Gasteiger partial charge in [0, 0.05) is 25.8 Å². The van der Waals surface area contributed by atoms with Crippen LogP contribution in [0, 0.1) is 12.3 Å². The quantitative estimate of drug-likeness (QED) is 0.260. The number of morpholine rings is 1. The number of hydrogen-bond donors (Lipinski definition) is 2. The van der Waals surface area contributed by atoms with Crippen molar-refractivity contribution in [1.29, 1.82) is 5.41 Å². The normalized spacial score (nSPS) is 14.1. The first-order valence-corrected chi connectivity index (χ1v) is 12.9. The lowest BCUT2D eigenvalue weighted by Crippen LogP contribution is -2.39. The predicted molar refractivity (Wildman–Crippen MR) is 144 cm³/mol. The summed E-state index contributed by atoms with van der Waals surface area (Å²) >= 11 is 0. The zero-order chi connectivity index (χ0) is 26.5. The van der Waals surface area contributed by atoms with Crippen LogP contribution in [0.3, 0.4) is 0 Å². The van der Waals surface area contributed by atoms with Crippen LogP contribution in [0.25, 0.3) is 16.7 Å². The van der Waals surface area contributed by atoms with Gasteiger partial charge in [0.25, 0.3) is 11.5 Å². The highest BCUT2D eigenvalue weighted by molar-refractivity contribution is 5.96. The molecule has 4 aromatic rings. The zero-order valence-electron chi connectivity index (χ0n) is 21.5. The van der Waals surface area contributed by atoms with Crippen molar-refractivity contribution in [1.82, 2.24) is 24.2 Å². The number of pyridine rings is 2. The minimum Gasteiger partial charge on any atom is -0.492 e. The third kappa shape index (κ3) is 5.46. The molecule has 0 saturated carbocycles. The number of ether oxygens (including phenoxy) is 2. The number of hydrogen-bond acceptors (Lipinski definition) is 7. The van der Waals surface area contributed by atoms with Crippen LogP contribution in [0.4, 0.5) is 0 Å². The molecule has 10 heteroatoms. The number of nitrogens with one attached hydrogen (secondary N) is 2. The lowest BCUT2D eigenvalue weighted by Gasteiger charge is -2.26. The predicted octanol–water partition coefficient (Wildman–Crippen LogP) is 1.97. The molecule has 0 unspecified atom stereocenters. The highest BCUT2D eigenvalue weighted by Crippen LogP contribution is 2.14. The highest BCUT2D eigenvalue weighted by Gasteiger charge is 2.18. The third-order valence-electron chi connectivity index (χ3n) is 6.75. The van der Waals surface area contributed by atoms with Crippen molar-refractivity contribution in [3.8, 4) is 5.75 Å². The van der Waals surface area contributed by atoms with Crippen LogP contribution >= 0.6 is 0 Å². The Labute approximate surface area is 220 Å². The fourth-order valence-electron chi connectivity index (χ4n) is 4.68. The lowest BCUT2D eigenvalue weighted by atomic mass is 10.2. The number of benzene rings is 1. The molecule has 1 aliphatic heterocycles. The van der Waals surface area contributed by atoms with Crippen LogP contribution in [0.15, 0.2) is 59.5 Å². The SMILES string of the molecule is Cc1cccn2c(=O)c3cc(C(=O)NCCCN4CCOCC4)c(=N)n(CCOc4ccccc4)c3nc12. The lowest BCUT2D eigenvalue weighted by molar-refractivity contribution is 0.0374. The van der Waals surface area contributed by atoms with E-state index in [1.165, 1.54) is 10.5 Å². The fourth-order valence-corrected chi connectivity index (χ4v) is 4.68. The summed E-state index contributed by atoms with van der Waals surface area (Å²) in [6.07, 6.45) is 2.45. The van der Waals surface area contributed by atoms with Gasteiger partial charge >= 0.3 is 0 Å². The van der Waals surface area contributed by atoms with E-state index in [1.54, 1.807) is 16.8 Å². The molecule has 10 nitrogen and oxygen atoms in total. The van der Waals surface area contributed by atoms with Gasteiger partial charge in [-0.05, 0) is 49.7 Å². The number of para-hydroxylation sites is 1. The van der Waals surface area contributed by atoms with E-state index in [2.05, 4.69) is 10.2 Å². The van der Waals surface area contributed by atoms with Crippen molar-refractivity contribution in [3.05, 3.63) is 81.7 Å². The third-order valence-corrected chi connectivity index (χ3v) is 6.75. The number of rotatable bonds is 9. The monoisotopic (exact) mass is 516 g/mol. The molecular formula is C28H32N6O4. The number of aryl methyl sites for hydroxylation is 1. The number of nitrogens with zero attached hydrogens (tertiary/aromatic N) is 4. The summed E-state index contributed by atoms with van der Waals surface area (Å²) in [6, 6.07) is 14.6. The second-order valence-electron chi connectivity index (χ2n) is 9.32. The van der Waals surface area contributed by atoms with Gasteiger partial charge in [-0.1, -0.05) is 24.3 Å². The van der Waals surface area contributed by atoms with E-state index in [4.69, 9.17) is 19.9 Å². The van der Waals surface area contributed by atoms with Gasteiger partial charge in [-0.3, -0.25) is 24.3 Å². The Balaban J connectivity index is 1.45. The second-order valence-corrected chi connectivity index (χ2v) is 9.32. The molecule has 1 saturated heterocycles. The average molecular weight is 517 g/mol. The Kier molecular flexibility index (Phi) is 7.81. The summed E-state index contributed by atoms with van der Waals surface area (Å²) < 4.78 is 14.3. The Hall–Kier alpha value is -4.02. The molecule has 0 atom stereocenters. The summed E-state index contributed by atoms with van der Waals surface area (Å²) in [6.45, 7) is 6.97. The molecule has 0 aliphatic carbocycles. The molecular weight excluding hydrogens is 484 g/mol. The molecule has 1 amide bonds. The van der Waals surface area contributed by atoms with E-state index in [0.717, 1.165) is 44.8 Å². The van der Waals surface area contributed by atoms with E-state index >= 15 is 0 Å². The van der Waals surface area contributed by atoms with E-state index in [1.807, 2.05) is 43.3 Å². The topological polar surface area (TPSA) is 114 Å². The summed E-state index contributed by atoms with van der Waals surface area (Å²) in [5.41, 5.74) is 1.55. The highest BCUT2D eigenvalue weighted by atomic mass is 16.5. The van der Waals surface area contributed by atoms with E-state index in [-0.39, 0.29) is 41.1 Å². The standard InChI is InChI=1S/C28H32N6O4/c1-20-7-5-12-34-25(20)31-26-23(28(34)36)19-22(27(35)30-10-6-11-32-13-16-37-17-14-32)24(29)33(26)15-18-38-21-8-3-2-4-9-21/h2-5,7-9,12,19,29H,6,10-11,13-18H2,1H3,(H,30,35). The van der Waals surface area contributed by atoms with Crippen LogP contribution in [-0.4, -0.2) is 70.8 Å². The van der Waals surface area contributed by atoms with Gasteiger partial charge in [0.2, 0.25) is 0 Å².